The van der Waals surface area contributed by atoms with Crippen molar-refractivity contribution in [3.63, 3.8) is 0 Å². The number of rotatable bonds is 4. The van der Waals surface area contributed by atoms with Crippen molar-refractivity contribution in [3.05, 3.63) is 182 Å². The molecule has 0 spiro atoms. The number of para-hydroxylation sites is 3. The second-order valence-corrected chi connectivity index (χ2v) is 13.4. The summed E-state index contributed by atoms with van der Waals surface area (Å²) in [4.78, 5) is 0. The molecule has 8 aromatic carbocycles. The zero-order chi connectivity index (χ0) is 32.8. The maximum absolute atomic E-state index is 2.46. The van der Waals surface area contributed by atoms with Gasteiger partial charge in [0.15, 0.2) is 0 Å². The summed E-state index contributed by atoms with van der Waals surface area (Å²) >= 11 is 0. The van der Waals surface area contributed by atoms with Crippen molar-refractivity contribution >= 4 is 59.9 Å². The second kappa shape index (κ2) is 10.4. The highest BCUT2D eigenvalue weighted by molar-refractivity contribution is 6.23. The van der Waals surface area contributed by atoms with E-state index >= 15 is 0 Å². The summed E-state index contributed by atoms with van der Waals surface area (Å²) in [7, 11) is 0. The molecule has 3 heterocycles. The van der Waals surface area contributed by atoms with Crippen LogP contribution < -0.4 is 0 Å². The molecule has 0 saturated carbocycles. The Bertz CT molecular complexity index is 3090. The van der Waals surface area contributed by atoms with E-state index < -0.39 is 0 Å². The summed E-state index contributed by atoms with van der Waals surface area (Å²) < 4.78 is 4.86. The first kappa shape index (κ1) is 27.3. The Labute approximate surface area is 289 Å². The molecule has 232 valence electrons. The van der Waals surface area contributed by atoms with E-state index in [0.717, 1.165) is 0 Å². The molecular weight excluding hydrogens is 605 g/mol. The molecule has 50 heavy (non-hydrogen) atoms. The van der Waals surface area contributed by atoms with Gasteiger partial charge in [0.05, 0.1) is 27.6 Å². The summed E-state index contributed by atoms with van der Waals surface area (Å²) in [5.74, 6) is 0. The number of benzene rings is 8. The Morgan fingerprint density at radius 3 is 1.58 bits per heavy atom. The minimum absolute atomic E-state index is 1.17. The van der Waals surface area contributed by atoms with Crippen molar-refractivity contribution in [3.8, 4) is 39.1 Å². The van der Waals surface area contributed by atoms with E-state index in [1.807, 2.05) is 0 Å². The molecule has 0 saturated heterocycles. The lowest BCUT2D eigenvalue weighted by Crippen LogP contribution is -1.94. The fourth-order valence-corrected chi connectivity index (χ4v) is 8.37. The van der Waals surface area contributed by atoms with Crippen LogP contribution in [-0.2, 0) is 0 Å². The average Bonchev–Trinajstić information content (AvgIpc) is 3.83. The number of hydrogen-bond donors (Lipinski definition) is 0. The van der Waals surface area contributed by atoms with Crippen LogP contribution in [0.5, 0.6) is 0 Å². The monoisotopic (exact) mass is 634 g/mol. The van der Waals surface area contributed by atoms with Crippen LogP contribution >= 0.6 is 0 Å². The molecule has 0 aliphatic carbocycles. The standard InChI is InChI=1S/C48H30N2/c1-2-11-31(12-3-1)34-15-9-16-37(28-34)49-44-21-6-5-18-39(44)43-29-35(24-26-46(43)49)32-13-8-14-33(27-32)36-23-25-40-42-20-10-19-41-38-17-4-7-22-45(38)50(48(41)42)47(40)30-36/h1-30H. The molecule has 2 heteroatoms. The predicted molar refractivity (Wildman–Crippen MR) is 212 cm³/mol. The van der Waals surface area contributed by atoms with Gasteiger partial charge in [-0.2, -0.15) is 0 Å². The Balaban J connectivity index is 1.05. The molecule has 0 radical (unpaired) electrons. The van der Waals surface area contributed by atoms with Crippen LogP contribution in [0.15, 0.2) is 182 Å². The minimum atomic E-state index is 1.17. The Morgan fingerprint density at radius 2 is 0.780 bits per heavy atom. The lowest BCUT2D eigenvalue weighted by atomic mass is 9.97. The number of nitrogens with zero attached hydrogens (tertiary/aromatic N) is 2. The summed E-state index contributed by atoms with van der Waals surface area (Å²) in [6, 6.07) is 66.7. The highest BCUT2D eigenvalue weighted by Gasteiger charge is 2.18. The van der Waals surface area contributed by atoms with Gasteiger partial charge in [0, 0.05) is 38.0 Å². The van der Waals surface area contributed by atoms with Crippen molar-refractivity contribution in [1.82, 2.24) is 8.97 Å². The quantitative estimate of drug-likeness (QED) is 0.182. The molecule has 0 unspecified atom stereocenters. The Kier molecular flexibility index (Phi) is 5.70. The van der Waals surface area contributed by atoms with Gasteiger partial charge >= 0.3 is 0 Å². The van der Waals surface area contributed by atoms with Crippen LogP contribution in [0.2, 0.25) is 0 Å². The number of aromatic nitrogens is 2. The Morgan fingerprint density at radius 1 is 0.260 bits per heavy atom. The topological polar surface area (TPSA) is 9.34 Å². The molecule has 2 nitrogen and oxygen atoms in total. The largest absolute Gasteiger partial charge is 0.309 e. The zero-order valence-corrected chi connectivity index (χ0v) is 27.2. The highest BCUT2D eigenvalue weighted by Crippen LogP contribution is 2.41. The zero-order valence-electron chi connectivity index (χ0n) is 27.2. The molecule has 0 aliphatic rings. The molecule has 11 aromatic rings. The van der Waals surface area contributed by atoms with Gasteiger partial charge < -0.3 is 8.97 Å². The van der Waals surface area contributed by atoms with E-state index in [1.165, 1.54) is 99.0 Å². The summed E-state index contributed by atoms with van der Waals surface area (Å²) in [5, 5.41) is 7.75. The third-order valence-electron chi connectivity index (χ3n) is 10.6. The Hall–Kier alpha value is -6.64. The van der Waals surface area contributed by atoms with Crippen LogP contribution in [0, 0.1) is 0 Å². The van der Waals surface area contributed by atoms with Crippen molar-refractivity contribution in [2.45, 2.75) is 0 Å². The first-order valence-corrected chi connectivity index (χ1v) is 17.3. The molecule has 0 aliphatic heterocycles. The van der Waals surface area contributed by atoms with Crippen molar-refractivity contribution in [2.24, 2.45) is 0 Å². The van der Waals surface area contributed by atoms with Crippen LogP contribution in [0.25, 0.3) is 99.0 Å². The molecule has 3 aromatic heterocycles. The minimum Gasteiger partial charge on any atom is -0.309 e. The first-order chi connectivity index (χ1) is 24.8. The van der Waals surface area contributed by atoms with Crippen LogP contribution in [0.3, 0.4) is 0 Å². The van der Waals surface area contributed by atoms with Crippen molar-refractivity contribution < 1.29 is 0 Å². The maximum atomic E-state index is 2.46. The number of hydrogen-bond acceptors (Lipinski definition) is 0. The molecule has 0 amide bonds. The number of fused-ring (bicyclic) bond motifs is 9. The molecule has 0 N–H and O–H groups in total. The summed E-state index contributed by atoms with van der Waals surface area (Å²) in [6.07, 6.45) is 0. The van der Waals surface area contributed by atoms with Gasteiger partial charge in [-0.15, -0.1) is 0 Å². The molecule has 0 atom stereocenters. The lowest BCUT2D eigenvalue weighted by molar-refractivity contribution is 1.18. The van der Waals surface area contributed by atoms with E-state index in [4.69, 9.17) is 0 Å². The molecule has 0 bridgehead atoms. The van der Waals surface area contributed by atoms with Gasteiger partial charge in [-0.25, -0.2) is 0 Å². The fourth-order valence-electron chi connectivity index (χ4n) is 8.37. The summed E-state index contributed by atoms with van der Waals surface area (Å²) in [6.45, 7) is 0. The predicted octanol–water partition coefficient (Wildman–Crippen LogP) is 12.9. The van der Waals surface area contributed by atoms with Gasteiger partial charge in [0.25, 0.3) is 0 Å². The maximum Gasteiger partial charge on any atom is 0.0620 e. The van der Waals surface area contributed by atoms with Crippen LogP contribution in [0.4, 0.5) is 0 Å². The van der Waals surface area contributed by atoms with Gasteiger partial charge in [-0.3, -0.25) is 0 Å². The van der Waals surface area contributed by atoms with E-state index in [0.29, 0.717) is 0 Å². The van der Waals surface area contributed by atoms with Gasteiger partial charge in [-0.05, 0) is 81.9 Å². The summed E-state index contributed by atoms with van der Waals surface area (Å²) in [5.41, 5.74) is 14.7. The van der Waals surface area contributed by atoms with Gasteiger partial charge in [0.1, 0.15) is 0 Å². The van der Waals surface area contributed by atoms with Crippen molar-refractivity contribution in [1.29, 1.82) is 0 Å². The lowest BCUT2D eigenvalue weighted by Gasteiger charge is -2.11. The molecule has 11 rings (SSSR count). The van der Waals surface area contributed by atoms with E-state index in [1.54, 1.807) is 0 Å². The fraction of sp³-hybridized carbons (Fsp3) is 0. The average molecular weight is 635 g/mol. The van der Waals surface area contributed by atoms with E-state index in [9.17, 15) is 0 Å². The third-order valence-corrected chi connectivity index (χ3v) is 10.6. The second-order valence-electron chi connectivity index (χ2n) is 13.4. The van der Waals surface area contributed by atoms with E-state index in [-0.39, 0.29) is 0 Å². The van der Waals surface area contributed by atoms with Gasteiger partial charge in [0.2, 0.25) is 0 Å². The molecule has 0 fully saturated rings. The smallest absolute Gasteiger partial charge is 0.0620 e. The highest BCUT2D eigenvalue weighted by atomic mass is 15.0. The van der Waals surface area contributed by atoms with E-state index in [2.05, 4.69) is 191 Å². The normalized spacial score (nSPS) is 12.0. The first-order valence-electron chi connectivity index (χ1n) is 17.3. The van der Waals surface area contributed by atoms with Crippen molar-refractivity contribution in [2.75, 3.05) is 0 Å². The van der Waals surface area contributed by atoms with Gasteiger partial charge in [-0.1, -0.05) is 133 Å². The SMILES string of the molecule is c1ccc(-c2cccc(-n3c4ccccc4c4cc(-c5cccc(-c6ccc7c8cccc9c%10ccccc%10n(c7c6)c98)c5)ccc43)c2)cc1. The van der Waals surface area contributed by atoms with Crippen LogP contribution in [0.1, 0.15) is 0 Å². The molecular formula is C48H30N2. The van der Waals surface area contributed by atoms with Crippen LogP contribution in [-0.4, -0.2) is 8.97 Å². The third kappa shape index (κ3) is 3.90.